The number of hydrogen-bond donors (Lipinski definition) is 0. The zero-order chi connectivity index (χ0) is 31.3. The van der Waals surface area contributed by atoms with E-state index in [-0.39, 0.29) is 0 Å². The van der Waals surface area contributed by atoms with E-state index < -0.39 is 5.97 Å². The van der Waals surface area contributed by atoms with Crippen LogP contribution in [-0.2, 0) is 4.79 Å². The molecule has 0 amide bonds. The van der Waals surface area contributed by atoms with Crippen LogP contribution in [0, 0.1) is 0 Å². The van der Waals surface area contributed by atoms with E-state index in [1.165, 1.54) is 38.2 Å². The van der Waals surface area contributed by atoms with Crippen LogP contribution in [0.3, 0.4) is 0 Å². The van der Waals surface area contributed by atoms with Crippen LogP contribution in [0.2, 0.25) is 0 Å². The van der Waals surface area contributed by atoms with Gasteiger partial charge in [-0.25, -0.2) is 4.79 Å². The lowest BCUT2D eigenvalue weighted by Crippen LogP contribution is -2.06. The lowest BCUT2D eigenvalue weighted by molar-refractivity contribution is -0.128. The first-order valence-corrected chi connectivity index (χ1v) is 16.5. The highest BCUT2D eigenvalue weighted by Crippen LogP contribution is 2.45. The van der Waals surface area contributed by atoms with Crippen LogP contribution < -0.4 is 14.2 Å². The van der Waals surface area contributed by atoms with E-state index in [2.05, 4.69) is 44.2 Å². The number of ether oxygens (including phenoxy) is 3. The minimum absolute atomic E-state index is 0.440. The lowest BCUT2D eigenvalue weighted by Gasteiger charge is -2.19. The summed E-state index contributed by atoms with van der Waals surface area (Å²) in [7, 11) is 0. The first-order chi connectivity index (χ1) is 22.2. The van der Waals surface area contributed by atoms with Gasteiger partial charge in [-0.1, -0.05) is 125 Å². The highest BCUT2D eigenvalue weighted by molar-refractivity contribution is 6.10. The first-order valence-electron chi connectivity index (χ1n) is 16.5. The summed E-state index contributed by atoms with van der Waals surface area (Å²) in [4.78, 5) is 13.3. The van der Waals surface area contributed by atoms with Gasteiger partial charge in [-0.3, -0.25) is 0 Å². The maximum absolute atomic E-state index is 13.3. The Hall–Kier alpha value is -4.57. The number of carbonyl (C=O) groups is 1. The Kier molecular flexibility index (Phi) is 11.7. The number of hydrogen-bond acceptors (Lipinski definition) is 4. The maximum Gasteiger partial charge on any atom is 0.336 e. The molecule has 0 unspecified atom stereocenters. The highest BCUT2D eigenvalue weighted by atomic mass is 16.5. The summed E-state index contributed by atoms with van der Waals surface area (Å²) < 4.78 is 18.4. The molecule has 232 valence electrons. The SMILES string of the molecule is CCCCCCOc1ccc(C=CC(=O)Oc2ccc3ccccc3c2-c2c(OCCCCCC)ccc3ccccc23)cc1. The zero-order valence-corrected chi connectivity index (χ0v) is 26.6. The van der Waals surface area contributed by atoms with Gasteiger partial charge in [0.2, 0.25) is 0 Å². The van der Waals surface area contributed by atoms with Gasteiger partial charge in [0.25, 0.3) is 0 Å². The summed E-state index contributed by atoms with van der Waals surface area (Å²) in [6.45, 7) is 5.77. The molecule has 0 aliphatic carbocycles. The van der Waals surface area contributed by atoms with Crippen LogP contribution in [0.15, 0.2) is 103 Å². The van der Waals surface area contributed by atoms with Gasteiger partial charge in [0.05, 0.1) is 13.2 Å². The molecule has 0 N–H and O–H groups in total. The van der Waals surface area contributed by atoms with E-state index >= 15 is 0 Å². The average Bonchev–Trinajstić information content (AvgIpc) is 3.07. The van der Waals surface area contributed by atoms with Gasteiger partial charge in [0.1, 0.15) is 17.2 Å². The Labute approximate surface area is 267 Å². The second-order valence-corrected chi connectivity index (χ2v) is 11.5. The number of carbonyl (C=O) groups excluding carboxylic acids is 1. The van der Waals surface area contributed by atoms with Crippen molar-refractivity contribution in [2.45, 2.75) is 65.2 Å². The van der Waals surface area contributed by atoms with Crippen molar-refractivity contribution in [3.05, 3.63) is 109 Å². The summed E-state index contributed by atoms with van der Waals surface area (Å²) in [6, 6.07) is 32.3. The first kappa shape index (κ1) is 31.8. The average molecular weight is 601 g/mol. The van der Waals surface area contributed by atoms with Crippen LogP contribution >= 0.6 is 0 Å². The van der Waals surface area contributed by atoms with Crippen LogP contribution in [0.5, 0.6) is 17.2 Å². The van der Waals surface area contributed by atoms with Gasteiger partial charge in [-0.05, 0) is 70.3 Å². The van der Waals surface area contributed by atoms with Gasteiger partial charge in [-0.2, -0.15) is 0 Å². The van der Waals surface area contributed by atoms with Crippen molar-refractivity contribution in [3.8, 4) is 28.4 Å². The molecule has 0 aliphatic rings. The Morgan fingerprint density at radius 2 is 1.13 bits per heavy atom. The maximum atomic E-state index is 13.3. The Bertz CT molecular complexity index is 1720. The zero-order valence-electron chi connectivity index (χ0n) is 26.6. The standard InChI is InChI=1S/C41H44O4/c1-3-5-7-13-29-43-34-24-19-31(20-25-34)21-28-39(42)45-38-27-23-33-16-10-12-18-36(33)41(38)40-35-17-11-9-15-32(35)22-26-37(40)44-30-14-8-6-4-2/h9-12,15-28H,3-8,13-14,29-30H2,1-2H3. The molecular weight excluding hydrogens is 556 g/mol. The minimum atomic E-state index is -0.440. The number of unbranched alkanes of at least 4 members (excludes halogenated alkanes) is 6. The smallest absolute Gasteiger partial charge is 0.336 e. The van der Waals surface area contributed by atoms with Crippen molar-refractivity contribution < 1.29 is 19.0 Å². The van der Waals surface area contributed by atoms with Gasteiger partial charge in [-0.15, -0.1) is 0 Å². The van der Waals surface area contributed by atoms with E-state index in [0.717, 1.165) is 75.6 Å². The van der Waals surface area contributed by atoms with Gasteiger partial charge < -0.3 is 14.2 Å². The molecule has 5 aromatic carbocycles. The van der Waals surface area contributed by atoms with E-state index in [1.807, 2.05) is 66.7 Å². The van der Waals surface area contributed by atoms with Crippen LogP contribution in [0.1, 0.15) is 70.8 Å². The second kappa shape index (κ2) is 16.5. The summed E-state index contributed by atoms with van der Waals surface area (Å²) in [5.74, 6) is 1.69. The Morgan fingerprint density at radius 3 is 1.76 bits per heavy atom. The van der Waals surface area contributed by atoms with Gasteiger partial charge in [0.15, 0.2) is 0 Å². The molecule has 0 aromatic heterocycles. The summed E-state index contributed by atoms with van der Waals surface area (Å²) in [5.41, 5.74) is 2.70. The van der Waals surface area contributed by atoms with Crippen molar-refractivity contribution in [3.63, 3.8) is 0 Å². The molecule has 4 nitrogen and oxygen atoms in total. The quantitative estimate of drug-likeness (QED) is 0.0489. The molecule has 0 radical (unpaired) electrons. The number of fused-ring (bicyclic) bond motifs is 2. The highest BCUT2D eigenvalue weighted by Gasteiger charge is 2.20. The number of benzene rings is 5. The van der Waals surface area contributed by atoms with Gasteiger partial charge >= 0.3 is 5.97 Å². The molecule has 45 heavy (non-hydrogen) atoms. The lowest BCUT2D eigenvalue weighted by atomic mass is 9.92. The minimum Gasteiger partial charge on any atom is -0.494 e. The molecule has 5 rings (SSSR count). The van der Waals surface area contributed by atoms with E-state index in [0.29, 0.717) is 12.4 Å². The van der Waals surface area contributed by atoms with Crippen molar-refractivity contribution in [2.75, 3.05) is 13.2 Å². The number of rotatable bonds is 16. The molecule has 0 fully saturated rings. The Morgan fingerprint density at radius 1 is 0.578 bits per heavy atom. The fourth-order valence-corrected chi connectivity index (χ4v) is 5.64. The molecule has 0 saturated heterocycles. The van der Waals surface area contributed by atoms with Gasteiger partial charge in [0, 0.05) is 17.2 Å². The van der Waals surface area contributed by atoms with Crippen LogP contribution in [0.4, 0.5) is 0 Å². The molecule has 0 atom stereocenters. The van der Waals surface area contributed by atoms with Crippen LogP contribution in [-0.4, -0.2) is 19.2 Å². The summed E-state index contributed by atoms with van der Waals surface area (Å²) in [5, 5.41) is 4.23. The second-order valence-electron chi connectivity index (χ2n) is 11.5. The normalized spacial score (nSPS) is 11.3. The fourth-order valence-electron chi connectivity index (χ4n) is 5.64. The Balaban J connectivity index is 1.42. The van der Waals surface area contributed by atoms with E-state index in [9.17, 15) is 4.79 Å². The molecular formula is C41H44O4. The molecule has 5 aromatic rings. The third kappa shape index (κ3) is 8.54. The van der Waals surface area contributed by atoms with E-state index in [1.54, 1.807) is 6.08 Å². The predicted molar refractivity (Wildman–Crippen MR) is 187 cm³/mol. The topological polar surface area (TPSA) is 44.8 Å². The molecule has 4 heteroatoms. The predicted octanol–water partition coefficient (Wildman–Crippen LogP) is 11.2. The van der Waals surface area contributed by atoms with Crippen molar-refractivity contribution >= 4 is 33.6 Å². The van der Waals surface area contributed by atoms with E-state index in [4.69, 9.17) is 14.2 Å². The summed E-state index contributed by atoms with van der Waals surface area (Å²) >= 11 is 0. The largest absolute Gasteiger partial charge is 0.494 e. The molecule has 0 aliphatic heterocycles. The third-order valence-electron chi connectivity index (χ3n) is 8.06. The van der Waals surface area contributed by atoms with Crippen molar-refractivity contribution in [1.29, 1.82) is 0 Å². The number of esters is 1. The van der Waals surface area contributed by atoms with Crippen molar-refractivity contribution in [1.82, 2.24) is 0 Å². The molecule has 0 saturated carbocycles. The molecule has 0 heterocycles. The van der Waals surface area contributed by atoms with Crippen LogP contribution in [0.25, 0.3) is 38.7 Å². The summed E-state index contributed by atoms with van der Waals surface area (Å²) in [6.07, 6.45) is 12.5. The molecule has 0 spiro atoms. The fraction of sp³-hybridized carbons (Fsp3) is 0.293. The van der Waals surface area contributed by atoms with Crippen molar-refractivity contribution in [2.24, 2.45) is 0 Å². The monoisotopic (exact) mass is 600 g/mol. The molecule has 0 bridgehead atoms. The third-order valence-corrected chi connectivity index (χ3v) is 8.06.